The van der Waals surface area contributed by atoms with Gasteiger partial charge in [0.15, 0.2) is 0 Å². The fourth-order valence-electron chi connectivity index (χ4n) is 4.43. The zero-order valence-corrected chi connectivity index (χ0v) is 12.1. The van der Waals surface area contributed by atoms with Crippen LogP contribution >= 0.6 is 0 Å². The van der Waals surface area contributed by atoms with Crippen molar-refractivity contribution in [2.24, 2.45) is 17.6 Å². The van der Waals surface area contributed by atoms with Gasteiger partial charge in [-0.15, -0.1) is 0 Å². The third-order valence-electron chi connectivity index (χ3n) is 6.02. The summed E-state index contributed by atoms with van der Waals surface area (Å²) in [5, 5.41) is 0. The van der Waals surface area contributed by atoms with Crippen LogP contribution in [-0.2, 0) is 0 Å². The van der Waals surface area contributed by atoms with Crippen molar-refractivity contribution in [1.82, 2.24) is 9.80 Å². The molecule has 3 heterocycles. The van der Waals surface area contributed by atoms with Crippen molar-refractivity contribution in [3.63, 3.8) is 0 Å². The van der Waals surface area contributed by atoms with Gasteiger partial charge in [-0.2, -0.15) is 0 Å². The Morgan fingerprint density at radius 2 is 1.89 bits per heavy atom. The predicted octanol–water partition coefficient (Wildman–Crippen LogP) is 1.53. The molecule has 0 aromatic rings. The van der Waals surface area contributed by atoms with Crippen molar-refractivity contribution in [2.45, 2.75) is 51.1 Å². The number of nitrogens with zero attached hydrogens (tertiary/aromatic N) is 2. The first-order valence-electron chi connectivity index (χ1n) is 7.84. The molecule has 0 radical (unpaired) electrons. The molecule has 3 saturated heterocycles. The van der Waals surface area contributed by atoms with Gasteiger partial charge in [-0.3, -0.25) is 4.90 Å². The lowest BCUT2D eigenvalue weighted by molar-refractivity contribution is 0.0220. The zero-order chi connectivity index (χ0) is 12.8. The maximum atomic E-state index is 6.23. The van der Waals surface area contributed by atoms with Crippen molar-refractivity contribution in [3.05, 3.63) is 0 Å². The third-order valence-corrected chi connectivity index (χ3v) is 6.02. The van der Waals surface area contributed by atoms with E-state index in [1.165, 1.54) is 51.9 Å². The molecule has 0 aromatic heterocycles. The van der Waals surface area contributed by atoms with Gasteiger partial charge >= 0.3 is 0 Å². The molecular formula is C15H29N3. The molecule has 0 spiro atoms. The predicted molar refractivity (Wildman–Crippen MR) is 75.5 cm³/mol. The highest BCUT2D eigenvalue weighted by atomic mass is 15.3. The van der Waals surface area contributed by atoms with E-state index in [4.69, 9.17) is 5.73 Å². The van der Waals surface area contributed by atoms with E-state index < -0.39 is 0 Å². The lowest BCUT2D eigenvalue weighted by Gasteiger charge is -2.49. The molecule has 4 unspecified atom stereocenters. The highest BCUT2D eigenvalue weighted by Gasteiger charge is 2.46. The second kappa shape index (κ2) is 4.77. The molecular weight excluding hydrogens is 222 g/mol. The van der Waals surface area contributed by atoms with Gasteiger partial charge in [0.25, 0.3) is 0 Å². The van der Waals surface area contributed by atoms with E-state index in [-0.39, 0.29) is 0 Å². The van der Waals surface area contributed by atoms with Crippen molar-refractivity contribution in [2.75, 3.05) is 32.7 Å². The molecule has 104 valence electrons. The molecule has 0 saturated carbocycles. The Hall–Kier alpha value is -0.120. The second-order valence-electron chi connectivity index (χ2n) is 7.07. The number of nitrogens with two attached hydrogens (primary N) is 1. The summed E-state index contributed by atoms with van der Waals surface area (Å²) in [5.74, 6) is 1.69. The van der Waals surface area contributed by atoms with E-state index in [0.717, 1.165) is 24.4 Å². The number of hydrogen-bond donors (Lipinski definition) is 1. The Morgan fingerprint density at radius 3 is 2.56 bits per heavy atom. The van der Waals surface area contributed by atoms with E-state index in [1.54, 1.807) is 0 Å². The Labute approximate surface area is 112 Å². The highest BCUT2D eigenvalue weighted by molar-refractivity contribution is 5.04. The normalized spacial score (nSPS) is 46.5. The quantitative estimate of drug-likeness (QED) is 0.808. The minimum absolute atomic E-state index is 0.324. The summed E-state index contributed by atoms with van der Waals surface area (Å²) in [5.41, 5.74) is 6.56. The van der Waals surface area contributed by atoms with Crippen molar-refractivity contribution < 1.29 is 0 Å². The largest absolute Gasteiger partial charge is 0.329 e. The Kier molecular flexibility index (Phi) is 3.41. The molecule has 3 nitrogen and oxygen atoms in total. The first kappa shape index (κ1) is 12.9. The average Bonchev–Trinajstić information content (AvgIpc) is 2.96. The molecule has 3 aliphatic rings. The van der Waals surface area contributed by atoms with Crippen LogP contribution in [0.3, 0.4) is 0 Å². The van der Waals surface area contributed by atoms with Crippen LogP contribution in [0.25, 0.3) is 0 Å². The van der Waals surface area contributed by atoms with E-state index in [9.17, 15) is 0 Å². The molecule has 0 bridgehead atoms. The second-order valence-corrected chi connectivity index (χ2v) is 7.07. The summed E-state index contributed by atoms with van der Waals surface area (Å²) in [6, 6.07) is 0.827. The van der Waals surface area contributed by atoms with E-state index in [1.807, 2.05) is 0 Å². The van der Waals surface area contributed by atoms with Gasteiger partial charge in [0.1, 0.15) is 0 Å². The minimum Gasteiger partial charge on any atom is -0.329 e. The van der Waals surface area contributed by atoms with Crippen LogP contribution in [0.2, 0.25) is 0 Å². The van der Waals surface area contributed by atoms with E-state index in [0.29, 0.717) is 5.54 Å². The number of likely N-dealkylation sites (tertiary alicyclic amines) is 1. The van der Waals surface area contributed by atoms with Gasteiger partial charge in [0.05, 0.1) is 0 Å². The van der Waals surface area contributed by atoms with Crippen molar-refractivity contribution >= 4 is 0 Å². The molecule has 4 atom stereocenters. The minimum atomic E-state index is 0.324. The Balaban J connectivity index is 1.74. The summed E-state index contributed by atoms with van der Waals surface area (Å²) >= 11 is 0. The number of fused-ring (bicyclic) bond motifs is 1. The molecule has 2 N–H and O–H groups in total. The molecule has 3 aliphatic heterocycles. The third kappa shape index (κ3) is 2.00. The molecule has 0 aromatic carbocycles. The van der Waals surface area contributed by atoms with Crippen LogP contribution in [0.4, 0.5) is 0 Å². The summed E-state index contributed by atoms with van der Waals surface area (Å²) < 4.78 is 0. The van der Waals surface area contributed by atoms with Crippen LogP contribution < -0.4 is 5.73 Å². The van der Waals surface area contributed by atoms with Gasteiger partial charge in [-0.05, 0) is 44.1 Å². The van der Waals surface area contributed by atoms with Crippen LogP contribution in [0.1, 0.15) is 39.5 Å². The Bertz CT molecular complexity index is 296. The maximum absolute atomic E-state index is 6.23. The lowest BCUT2D eigenvalue weighted by atomic mass is 9.81. The highest BCUT2D eigenvalue weighted by Crippen LogP contribution is 2.39. The maximum Gasteiger partial charge on any atom is 0.0358 e. The van der Waals surface area contributed by atoms with Gasteiger partial charge in [0, 0.05) is 37.8 Å². The topological polar surface area (TPSA) is 32.5 Å². The standard InChI is InChI=1S/C15H29N3/c1-12-9-18(10-13(12)2)15(11-16)5-7-17-6-3-4-14(17)8-15/h12-14H,3-11,16H2,1-2H3. The van der Waals surface area contributed by atoms with Crippen LogP contribution in [0, 0.1) is 11.8 Å². The van der Waals surface area contributed by atoms with Crippen molar-refractivity contribution in [3.8, 4) is 0 Å². The van der Waals surface area contributed by atoms with Crippen molar-refractivity contribution in [1.29, 1.82) is 0 Å². The van der Waals surface area contributed by atoms with Crippen LogP contribution in [0.15, 0.2) is 0 Å². The summed E-state index contributed by atoms with van der Waals surface area (Å²) in [6.45, 7) is 10.8. The molecule has 3 fully saturated rings. The smallest absolute Gasteiger partial charge is 0.0358 e. The molecule has 3 rings (SSSR count). The van der Waals surface area contributed by atoms with Gasteiger partial charge < -0.3 is 10.6 Å². The number of rotatable bonds is 2. The van der Waals surface area contributed by atoms with E-state index >= 15 is 0 Å². The number of hydrogen-bond acceptors (Lipinski definition) is 3. The van der Waals surface area contributed by atoms with Crippen LogP contribution in [0.5, 0.6) is 0 Å². The SMILES string of the molecule is CC1CN(C2(CN)CCN3CCCC3C2)CC1C. The average molecular weight is 251 g/mol. The Morgan fingerprint density at radius 1 is 1.17 bits per heavy atom. The molecule has 0 aliphatic carbocycles. The first-order valence-corrected chi connectivity index (χ1v) is 7.84. The molecule has 3 heteroatoms. The van der Waals surface area contributed by atoms with E-state index in [2.05, 4.69) is 23.6 Å². The fourth-order valence-corrected chi connectivity index (χ4v) is 4.43. The van der Waals surface area contributed by atoms with Gasteiger partial charge in [-0.25, -0.2) is 0 Å². The lowest BCUT2D eigenvalue weighted by Crippen LogP contribution is -2.60. The summed E-state index contributed by atoms with van der Waals surface area (Å²) in [4.78, 5) is 5.45. The fraction of sp³-hybridized carbons (Fsp3) is 1.00. The summed E-state index contributed by atoms with van der Waals surface area (Å²) in [7, 11) is 0. The monoisotopic (exact) mass is 251 g/mol. The number of piperidine rings is 1. The summed E-state index contributed by atoms with van der Waals surface area (Å²) in [6.07, 6.45) is 5.42. The zero-order valence-electron chi connectivity index (χ0n) is 12.1. The van der Waals surface area contributed by atoms with Gasteiger partial charge in [-0.1, -0.05) is 13.8 Å². The van der Waals surface area contributed by atoms with Crippen LogP contribution in [-0.4, -0.2) is 54.1 Å². The first-order chi connectivity index (χ1) is 8.64. The van der Waals surface area contributed by atoms with Gasteiger partial charge in [0.2, 0.25) is 0 Å². The molecule has 0 amide bonds. The molecule has 18 heavy (non-hydrogen) atoms.